The molecule has 1 fully saturated rings. The zero-order valence-electron chi connectivity index (χ0n) is 12.3. The number of imidazole rings is 1. The molecule has 1 aromatic rings. The minimum Gasteiger partial charge on any atom is -0.345 e. The highest BCUT2D eigenvalue weighted by atomic mass is 16.2. The van der Waals surface area contributed by atoms with Crippen LogP contribution in [-0.2, 0) is 16.1 Å². The first kappa shape index (κ1) is 14.6. The van der Waals surface area contributed by atoms with Crippen LogP contribution in [0.1, 0.15) is 26.1 Å². The standard InChI is InChI=1S/C14H22N4O2/c1-10(2)8-12-14(20)16-9-13(19)18(12)7-6-17-5-4-15-11(17)3/h4-5,10,12H,6-9H2,1-3H3,(H,16,20). The van der Waals surface area contributed by atoms with E-state index in [1.165, 1.54) is 0 Å². The summed E-state index contributed by atoms with van der Waals surface area (Å²) in [5, 5.41) is 2.67. The van der Waals surface area contributed by atoms with Gasteiger partial charge in [-0.25, -0.2) is 4.98 Å². The lowest BCUT2D eigenvalue weighted by Crippen LogP contribution is -2.59. The average Bonchev–Trinajstić information content (AvgIpc) is 2.78. The Morgan fingerprint density at radius 3 is 2.75 bits per heavy atom. The van der Waals surface area contributed by atoms with E-state index in [9.17, 15) is 9.59 Å². The number of aromatic nitrogens is 2. The van der Waals surface area contributed by atoms with Crippen molar-refractivity contribution in [2.75, 3.05) is 13.1 Å². The monoisotopic (exact) mass is 278 g/mol. The molecule has 1 aromatic heterocycles. The van der Waals surface area contributed by atoms with Gasteiger partial charge in [0.25, 0.3) is 0 Å². The summed E-state index contributed by atoms with van der Waals surface area (Å²) in [5.41, 5.74) is 0. The first-order valence-electron chi connectivity index (χ1n) is 7.04. The maximum atomic E-state index is 12.1. The van der Waals surface area contributed by atoms with Gasteiger partial charge in [0.2, 0.25) is 11.8 Å². The van der Waals surface area contributed by atoms with Crippen LogP contribution in [0.15, 0.2) is 12.4 Å². The van der Waals surface area contributed by atoms with E-state index in [4.69, 9.17) is 0 Å². The summed E-state index contributed by atoms with van der Waals surface area (Å²) >= 11 is 0. The zero-order chi connectivity index (χ0) is 14.7. The van der Waals surface area contributed by atoms with Gasteiger partial charge in [0.15, 0.2) is 0 Å². The van der Waals surface area contributed by atoms with Crippen molar-refractivity contribution in [3.8, 4) is 0 Å². The summed E-state index contributed by atoms with van der Waals surface area (Å²) < 4.78 is 1.99. The molecule has 2 rings (SSSR count). The fourth-order valence-electron chi connectivity index (χ4n) is 2.51. The summed E-state index contributed by atoms with van der Waals surface area (Å²) in [6.45, 7) is 7.36. The smallest absolute Gasteiger partial charge is 0.243 e. The van der Waals surface area contributed by atoms with Crippen LogP contribution >= 0.6 is 0 Å². The zero-order valence-corrected chi connectivity index (χ0v) is 12.3. The number of carbonyl (C=O) groups excluding carboxylic acids is 2. The summed E-state index contributed by atoms with van der Waals surface area (Å²) in [4.78, 5) is 29.9. The largest absolute Gasteiger partial charge is 0.345 e. The molecule has 1 N–H and O–H groups in total. The van der Waals surface area contributed by atoms with Gasteiger partial charge in [-0.15, -0.1) is 0 Å². The summed E-state index contributed by atoms with van der Waals surface area (Å²) in [5.74, 6) is 1.24. The molecule has 2 amide bonds. The lowest BCUT2D eigenvalue weighted by Gasteiger charge is -2.36. The van der Waals surface area contributed by atoms with Crippen LogP contribution in [-0.4, -0.2) is 45.4 Å². The Morgan fingerprint density at radius 1 is 1.40 bits per heavy atom. The van der Waals surface area contributed by atoms with Crippen LogP contribution in [0, 0.1) is 12.8 Å². The van der Waals surface area contributed by atoms with Gasteiger partial charge in [0.05, 0.1) is 6.54 Å². The minimum atomic E-state index is -0.347. The Labute approximate surface area is 119 Å². The van der Waals surface area contributed by atoms with Gasteiger partial charge in [0, 0.05) is 25.5 Å². The van der Waals surface area contributed by atoms with Gasteiger partial charge < -0.3 is 14.8 Å². The summed E-state index contributed by atoms with van der Waals surface area (Å²) in [7, 11) is 0. The highest BCUT2D eigenvalue weighted by Gasteiger charge is 2.34. The Bertz CT molecular complexity index is 495. The van der Waals surface area contributed by atoms with E-state index in [1.54, 1.807) is 11.1 Å². The first-order chi connectivity index (χ1) is 9.49. The van der Waals surface area contributed by atoms with Crippen molar-refractivity contribution in [3.63, 3.8) is 0 Å². The lowest BCUT2D eigenvalue weighted by molar-refractivity contribution is -0.146. The summed E-state index contributed by atoms with van der Waals surface area (Å²) in [6.07, 6.45) is 4.33. The van der Waals surface area contributed by atoms with E-state index in [0.29, 0.717) is 25.4 Å². The molecule has 0 aliphatic carbocycles. The number of nitrogens with zero attached hydrogens (tertiary/aromatic N) is 3. The number of amides is 2. The van der Waals surface area contributed by atoms with Gasteiger partial charge in [-0.1, -0.05) is 13.8 Å². The van der Waals surface area contributed by atoms with Crippen LogP contribution in [0.25, 0.3) is 0 Å². The first-order valence-corrected chi connectivity index (χ1v) is 7.04. The second-order valence-electron chi connectivity index (χ2n) is 5.62. The highest BCUT2D eigenvalue weighted by Crippen LogP contribution is 2.15. The Kier molecular flexibility index (Phi) is 4.42. The lowest BCUT2D eigenvalue weighted by atomic mass is 10.00. The third-order valence-electron chi connectivity index (χ3n) is 3.61. The predicted octanol–water partition coefficient (Wildman–Crippen LogP) is 0.565. The van der Waals surface area contributed by atoms with E-state index >= 15 is 0 Å². The second-order valence-corrected chi connectivity index (χ2v) is 5.62. The fourth-order valence-corrected chi connectivity index (χ4v) is 2.51. The quantitative estimate of drug-likeness (QED) is 0.856. The molecule has 110 valence electrons. The third-order valence-corrected chi connectivity index (χ3v) is 3.61. The van der Waals surface area contributed by atoms with Crippen LogP contribution in [0.4, 0.5) is 0 Å². The van der Waals surface area contributed by atoms with E-state index in [-0.39, 0.29) is 24.4 Å². The van der Waals surface area contributed by atoms with Crippen LogP contribution < -0.4 is 5.32 Å². The molecule has 1 aliphatic rings. The van der Waals surface area contributed by atoms with E-state index in [2.05, 4.69) is 24.1 Å². The topological polar surface area (TPSA) is 67.2 Å². The number of carbonyl (C=O) groups is 2. The fraction of sp³-hybridized carbons (Fsp3) is 0.643. The van der Waals surface area contributed by atoms with Crippen LogP contribution in [0.5, 0.6) is 0 Å². The number of nitrogens with one attached hydrogen (secondary N) is 1. The van der Waals surface area contributed by atoms with Gasteiger partial charge >= 0.3 is 0 Å². The molecule has 1 unspecified atom stereocenters. The number of hydrogen-bond acceptors (Lipinski definition) is 3. The van der Waals surface area contributed by atoms with Crippen LogP contribution in [0.2, 0.25) is 0 Å². The van der Waals surface area contributed by atoms with Gasteiger partial charge in [-0.3, -0.25) is 9.59 Å². The number of rotatable bonds is 5. The molecule has 1 aliphatic heterocycles. The Morgan fingerprint density at radius 2 is 2.15 bits per heavy atom. The molecule has 1 saturated heterocycles. The number of hydrogen-bond donors (Lipinski definition) is 1. The van der Waals surface area contributed by atoms with Gasteiger partial charge in [-0.2, -0.15) is 0 Å². The molecule has 20 heavy (non-hydrogen) atoms. The van der Waals surface area contributed by atoms with Crippen molar-refractivity contribution in [1.29, 1.82) is 0 Å². The molecular weight excluding hydrogens is 256 g/mol. The molecule has 6 nitrogen and oxygen atoms in total. The van der Waals surface area contributed by atoms with Crippen molar-refractivity contribution in [2.45, 2.75) is 39.8 Å². The molecular formula is C14H22N4O2. The molecule has 0 bridgehead atoms. The van der Waals surface area contributed by atoms with Crippen molar-refractivity contribution >= 4 is 11.8 Å². The molecule has 1 atom stereocenters. The predicted molar refractivity (Wildman–Crippen MR) is 74.9 cm³/mol. The number of aryl methyl sites for hydroxylation is 1. The van der Waals surface area contributed by atoms with E-state index in [0.717, 1.165) is 5.82 Å². The maximum absolute atomic E-state index is 12.1. The molecule has 6 heteroatoms. The third kappa shape index (κ3) is 3.18. The average molecular weight is 278 g/mol. The van der Waals surface area contributed by atoms with Crippen molar-refractivity contribution in [2.24, 2.45) is 5.92 Å². The molecule has 0 saturated carbocycles. The van der Waals surface area contributed by atoms with Gasteiger partial charge in [0.1, 0.15) is 11.9 Å². The highest BCUT2D eigenvalue weighted by molar-refractivity contribution is 5.94. The molecule has 0 aromatic carbocycles. The molecule has 2 heterocycles. The van der Waals surface area contributed by atoms with E-state index < -0.39 is 0 Å². The Balaban J connectivity index is 2.06. The normalized spacial score (nSPS) is 19.6. The van der Waals surface area contributed by atoms with Gasteiger partial charge in [-0.05, 0) is 19.3 Å². The van der Waals surface area contributed by atoms with Crippen molar-refractivity contribution < 1.29 is 9.59 Å². The van der Waals surface area contributed by atoms with Crippen molar-refractivity contribution in [1.82, 2.24) is 19.8 Å². The van der Waals surface area contributed by atoms with E-state index in [1.807, 2.05) is 17.7 Å². The summed E-state index contributed by atoms with van der Waals surface area (Å²) in [6, 6.07) is -0.347. The van der Waals surface area contributed by atoms with Crippen molar-refractivity contribution in [3.05, 3.63) is 18.2 Å². The SMILES string of the molecule is Cc1nccn1CCN1C(=O)CNC(=O)C1CC(C)C. The Hall–Kier alpha value is -1.85. The number of piperazine rings is 1. The molecule has 0 spiro atoms. The minimum absolute atomic E-state index is 0.00646. The van der Waals surface area contributed by atoms with Crippen LogP contribution in [0.3, 0.4) is 0 Å². The maximum Gasteiger partial charge on any atom is 0.243 e. The molecule has 0 radical (unpaired) electrons. The second kappa shape index (κ2) is 6.07.